The summed E-state index contributed by atoms with van der Waals surface area (Å²) in [6.07, 6.45) is 0.796. The van der Waals surface area contributed by atoms with Gasteiger partial charge in [-0.15, -0.1) is 0 Å². The van der Waals surface area contributed by atoms with Crippen molar-refractivity contribution in [3.8, 4) is 0 Å². The van der Waals surface area contributed by atoms with E-state index in [0.717, 1.165) is 5.56 Å². The molecule has 1 amide bonds. The quantitative estimate of drug-likeness (QED) is 0.741. The maximum atomic E-state index is 12.7. The Morgan fingerprint density at radius 1 is 1.57 bits per heavy atom. The fourth-order valence-electron chi connectivity index (χ4n) is 1.12. The fraction of sp³-hybridized carbons (Fsp3) is 0.300. The molecular formula is C10H12FNO2. The molecule has 0 fully saturated rings. The van der Waals surface area contributed by atoms with Gasteiger partial charge in [-0.25, -0.2) is 9.87 Å². The predicted octanol–water partition coefficient (Wildman–Crippen LogP) is 1.44. The molecule has 0 radical (unpaired) electrons. The summed E-state index contributed by atoms with van der Waals surface area (Å²) in [6, 6.07) is 6.20. The van der Waals surface area contributed by atoms with Crippen LogP contribution in [-0.2, 0) is 16.1 Å². The summed E-state index contributed by atoms with van der Waals surface area (Å²) in [7, 11) is 1.38. The van der Waals surface area contributed by atoms with Crippen LogP contribution in [0, 0.1) is 5.82 Å². The Morgan fingerprint density at radius 3 is 3.00 bits per heavy atom. The second kappa shape index (κ2) is 5.34. The normalized spacial score (nSPS) is 9.86. The van der Waals surface area contributed by atoms with Crippen LogP contribution in [0.5, 0.6) is 0 Å². The van der Waals surface area contributed by atoms with E-state index in [1.54, 1.807) is 12.1 Å². The Morgan fingerprint density at radius 2 is 2.36 bits per heavy atom. The third kappa shape index (κ3) is 3.53. The van der Waals surface area contributed by atoms with Crippen LogP contribution < -0.4 is 5.48 Å². The monoisotopic (exact) mass is 197 g/mol. The van der Waals surface area contributed by atoms with E-state index in [-0.39, 0.29) is 18.1 Å². The zero-order valence-electron chi connectivity index (χ0n) is 7.92. The van der Waals surface area contributed by atoms with Crippen LogP contribution in [0.1, 0.15) is 12.0 Å². The van der Waals surface area contributed by atoms with E-state index < -0.39 is 0 Å². The van der Waals surface area contributed by atoms with Gasteiger partial charge >= 0.3 is 0 Å². The Hall–Kier alpha value is -1.42. The molecule has 1 N–H and O–H groups in total. The molecule has 0 heterocycles. The number of aryl methyl sites for hydroxylation is 1. The molecular weight excluding hydrogens is 185 g/mol. The first-order chi connectivity index (χ1) is 6.72. The molecule has 1 rings (SSSR count). The average molecular weight is 197 g/mol. The highest BCUT2D eigenvalue weighted by atomic mass is 19.1. The van der Waals surface area contributed by atoms with E-state index in [9.17, 15) is 9.18 Å². The van der Waals surface area contributed by atoms with Crippen molar-refractivity contribution in [2.45, 2.75) is 12.8 Å². The SMILES string of the molecule is CONC(=O)CCc1cccc(F)c1. The number of hydrogen-bond donors (Lipinski definition) is 1. The van der Waals surface area contributed by atoms with E-state index in [1.807, 2.05) is 0 Å². The van der Waals surface area contributed by atoms with Crippen molar-refractivity contribution >= 4 is 5.91 Å². The smallest absolute Gasteiger partial charge is 0.243 e. The zero-order chi connectivity index (χ0) is 10.4. The third-order valence-electron chi connectivity index (χ3n) is 1.75. The van der Waals surface area contributed by atoms with Gasteiger partial charge in [0.15, 0.2) is 0 Å². The van der Waals surface area contributed by atoms with E-state index in [2.05, 4.69) is 10.3 Å². The summed E-state index contributed by atoms with van der Waals surface area (Å²) >= 11 is 0. The molecule has 0 bridgehead atoms. The number of hydrogen-bond acceptors (Lipinski definition) is 2. The molecule has 0 unspecified atom stereocenters. The molecule has 0 spiro atoms. The van der Waals surface area contributed by atoms with Crippen LogP contribution in [-0.4, -0.2) is 13.0 Å². The van der Waals surface area contributed by atoms with Crippen molar-refractivity contribution in [2.75, 3.05) is 7.11 Å². The average Bonchev–Trinajstić information content (AvgIpc) is 2.15. The number of benzene rings is 1. The van der Waals surface area contributed by atoms with Crippen molar-refractivity contribution in [2.24, 2.45) is 0 Å². The number of hydroxylamine groups is 1. The molecule has 0 saturated carbocycles. The molecule has 1 aromatic rings. The lowest BCUT2D eigenvalue weighted by Gasteiger charge is -2.02. The van der Waals surface area contributed by atoms with Crippen molar-refractivity contribution < 1.29 is 14.0 Å². The molecule has 3 nitrogen and oxygen atoms in total. The summed E-state index contributed by atoms with van der Waals surface area (Å²) < 4.78 is 12.7. The molecule has 4 heteroatoms. The Labute approximate surface area is 81.8 Å². The van der Waals surface area contributed by atoms with Gasteiger partial charge in [-0.05, 0) is 24.1 Å². The van der Waals surface area contributed by atoms with Crippen LogP contribution in [0.4, 0.5) is 4.39 Å². The predicted molar refractivity (Wildman–Crippen MR) is 49.9 cm³/mol. The molecule has 0 aliphatic rings. The first-order valence-corrected chi connectivity index (χ1v) is 4.28. The Kier molecular flexibility index (Phi) is 4.07. The van der Waals surface area contributed by atoms with E-state index >= 15 is 0 Å². The minimum atomic E-state index is -0.283. The lowest BCUT2D eigenvalue weighted by Crippen LogP contribution is -2.21. The maximum Gasteiger partial charge on any atom is 0.243 e. The highest BCUT2D eigenvalue weighted by Crippen LogP contribution is 2.05. The first kappa shape index (κ1) is 10.7. The Bertz CT molecular complexity index is 315. The standard InChI is InChI=1S/C10H12FNO2/c1-14-12-10(13)6-5-8-3-2-4-9(11)7-8/h2-4,7H,5-6H2,1H3,(H,12,13). The van der Waals surface area contributed by atoms with Crippen LogP contribution >= 0.6 is 0 Å². The third-order valence-corrected chi connectivity index (χ3v) is 1.75. The van der Waals surface area contributed by atoms with Crippen LogP contribution in [0.2, 0.25) is 0 Å². The van der Waals surface area contributed by atoms with Crippen molar-refractivity contribution in [1.82, 2.24) is 5.48 Å². The van der Waals surface area contributed by atoms with Gasteiger partial charge in [0.05, 0.1) is 7.11 Å². The highest BCUT2D eigenvalue weighted by molar-refractivity contribution is 5.74. The minimum Gasteiger partial charge on any atom is -0.277 e. The van der Waals surface area contributed by atoms with E-state index in [0.29, 0.717) is 6.42 Å². The summed E-state index contributed by atoms with van der Waals surface area (Å²) in [4.78, 5) is 15.4. The summed E-state index contributed by atoms with van der Waals surface area (Å²) in [5.41, 5.74) is 3.00. The first-order valence-electron chi connectivity index (χ1n) is 4.28. The van der Waals surface area contributed by atoms with Gasteiger partial charge in [0, 0.05) is 6.42 Å². The molecule has 14 heavy (non-hydrogen) atoms. The number of rotatable bonds is 4. The van der Waals surface area contributed by atoms with Gasteiger partial charge in [0.25, 0.3) is 0 Å². The largest absolute Gasteiger partial charge is 0.277 e. The number of halogens is 1. The lowest BCUT2D eigenvalue weighted by molar-refractivity contribution is -0.131. The van der Waals surface area contributed by atoms with Crippen molar-refractivity contribution in [3.63, 3.8) is 0 Å². The van der Waals surface area contributed by atoms with Crippen LogP contribution in [0.15, 0.2) is 24.3 Å². The maximum absolute atomic E-state index is 12.7. The van der Waals surface area contributed by atoms with E-state index in [1.165, 1.54) is 19.2 Å². The molecule has 1 aromatic carbocycles. The topological polar surface area (TPSA) is 38.3 Å². The van der Waals surface area contributed by atoms with Gasteiger partial charge in [0.2, 0.25) is 5.91 Å². The molecule has 0 saturated heterocycles. The highest BCUT2D eigenvalue weighted by Gasteiger charge is 2.01. The molecule has 0 atom stereocenters. The molecule has 0 aliphatic carbocycles. The molecule has 76 valence electrons. The van der Waals surface area contributed by atoms with Gasteiger partial charge in [-0.1, -0.05) is 12.1 Å². The van der Waals surface area contributed by atoms with Gasteiger partial charge in [-0.3, -0.25) is 9.63 Å². The lowest BCUT2D eigenvalue weighted by atomic mass is 10.1. The summed E-state index contributed by atoms with van der Waals surface area (Å²) in [5, 5.41) is 0. The number of nitrogens with one attached hydrogen (secondary N) is 1. The van der Waals surface area contributed by atoms with Crippen LogP contribution in [0.3, 0.4) is 0 Å². The number of amides is 1. The fourth-order valence-corrected chi connectivity index (χ4v) is 1.12. The zero-order valence-corrected chi connectivity index (χ0v) is 7.92. The Balaban J connectivity index is 2.41. The molecule has 0 aromatic heterocycles. The van der Waals surface area contributed by atoms with Crippen molar-refractivity contribution in [3.05, 3.63) is 35.6 Å². The number of carbonyl (C=O) groups excluding carboxylic acids is 1. The van der Waals surface area contributed by atoms with Gasteiger partial charge in [-0.2, -0.15) is 0 Å². The minimum absolute atomic E-state index is 0.211. The second-order valence-electron chi connectivity index (χ2n) is 2.86. The number of carbonyl (C=O) groups is 1. The van der Waals surface area contributed by atoms with Gasteiger partial charge < -0.3 is 0 Å². The van der Waals surface area contributed by atoms with Gasteiger partial charge in [0.1, 0.15) is 5.82 Å². The molecule has 0 aliphatic heterocycles. The summed E-state index contributed by atoms with van der Waals surface area (Å²) in [6.45, 7) is 0. The van der Waals surface area contributed by atoms with E-state index in [4.69, 9.17) is 0 Å². The van der Waals surface area contributed by atoms with Crippen molar-refractivity contribution in [1.29, 1.82) is 0 Å². The summed E-state index contributed by atoms with van der Waals surface area (Å²) in [5.74, 6) is -0.494. The van der Waals surface area contributed by atoms with Crippen LogP contribution in [0.25, 0.3) is 0 Å². The second-order valence-corrected chi connectivity index (χ2v) is 2.86.